The third kappa shape index (κ3) is 4.09. The lowest BCUT2D eigenvalue weighted by molar-refractivity contribution is -0.120. The number of fused-ring (bicyclic) bond motifs is 1. The van der Waals surface area contributed by atoms with E-state index in [4.69, 9.17) is 32.7 Å². The summed E-state index contributed by atoms with van der Waals surface area (Å²) in [5.41, 5.74) is 0.808. The summed E-state index contributed by atoms with van der Waals surface area (Å²) in [5.74, 6) is 1.32. The molecule has 1 atom stereocenters. The number of para-hydroxylation sites is 2. The molecule has 0 radical (unpaired) electrons. The molecule has 6 heteroatoms. The van der Waals surface area contributed by atoms with Crippen LogP contribution in [0.4, 0.5) is 0 Å². The number of halogens is 2. The minimum Gasteiger partial charge on any atom is -0.486 e. The molecule has 0 aromatic heterocycles. The van der Waals surface area contributed by atoms with Gasteiger partial charge in [0, 0.05) is 0 Å². The molecule has 0 bridgehead atoms. The molecule has 4 nitrogen and oxygen atoms in total. The lowest BCUT2D eigenvalue weighted by atomic mass is 10.1. The van der Waals surface area contributed by atoms with E-state index in [1.54, 1.807) is 18.2 Å². The summed E-state index contributed by atoms with van der Waals surface area (Å²) >= 11 is 11.8. The van der Waals surface area contributed by atoms with Crippen LogP contribution in [0.15, 0.2) is 42.5 Å². The van der Waals surface area contributed by atoms with Crippen molar-refractivity contribution < 1.29 is 14.3 Å². The Kier molecular flexibility index (Phi) is 4.94. The maximum absolute atomic E-state index is 12.0. The van der Waals surface area contributed by atoms with Crippen molar-refractivity contribution in [2.75, 3.05) is 13.2 Å². The molecule has 0 spiro atoms. The number of nitrogens with one attached hydrogen (secondary N) is 1. The highest BCUT2D eigenvalue weighted by Crippen LogP contribution is 2.30. The number of hydrogen-bond acceptors (Lipinski definition) is 3. The third-order valence-electron chi connectivity index (χ3n) is 3.44. The molecule has 1 aliphatic rings. The van der Waals surface area contributed by atoms with Gasteiger partial charge in [0.05, 0.1) is 23.0 Å². The lowest BCUT2D eigenvalue weighted by Crippen LogP contribution is -2.41. The molecule has 120 valence electrons. The molecule has 0 aliphatic carbocycles. The summed E-state index contributed by atoms with van der Waals surface area (Å²) in [6.07, 6.45) is 0.0313. The Bertz CT molecular complexity index is 721. The Morgan fingerprint density at radius 3 is 2.70 bits per heavy atom. The van der Waals surface area contributed by atoms with E-state index in [0.29, 0.717) is 28.9 Å². The van der Waals surface area contributed by atoms with E-state index < -0.39 is 0 Å². The first-order chi connectivity index (χ1) is 11.1. The van der Waals surface area contributed by atoms with E-state index in [-0.39, 0.29) is 18.4 Å². The Hall–Kier alpha value is -1.91. The Morgan fingerprint density at radius 1 is 1.13 bits per heavy atom. The largest absolute Gasteiger partial charge is 0.486 e. The summed E-state index contributed by atoms with van der Waals surface area (Å²) in [6, 6.07) is 12.6. The van der Waals surface area contributed by atoms with Crippen LogP contribution in [0.2, 0.25) is 10.0 Å². The molecular weight excluding hydrogens is 337 g/mol. The van der Waals surface area contributed by atoms with Crippen molar-refractivity contribution in [3.05, 3.63) is 58.1 Å². The molecule has 0 saturated heterocycles. The quantitative estimate of drug-likeness (QED) is 0.916. The second kappa shape index (κ2) is 7.11. The van der Waals surface area contributed by atoms with E-state index in [1.807, 2.05) is 24.3 Å². The van der Waals surface area contributed by atoms with Gasteiger partial charge in [-0.3, -0.25) is 4.79 Å². The highest BCUT2D eigenvalue weighted by Gasteiger charge is 2.21. The van der Waals surface area contributed by atoms with Crippen LogP contribution < -0.4 is 14.8 Å². The maximum atomic E-state index is 12.0. The fraction of sp³-hybridized carbons (Fsp3) is 0.235. The second-order valence-electron chi connectivity index (χ2n) is 5.23. The van der Waals surface area contributed by atoms with Crippen LogP contribution >= 0.6 is 23.2 Å². The summed E-state index contributed by atoms with van der Waals surface area (Å²) < 4.78 is 11.4. The van der Waals surface area contributed by atoms with Crippen LogP contribution in [0.5, 0.6) is 11.5 Å². The molecular formula is C17H15Cl2NO3. The Balaban J connectivity index is 1.51. The zero-order valence-corrected chi connectivity index (χ0v) is 13.7. The topological polar surface area (TPSA) is 47.6 Å². The molecule has 0 fully saturated rings. The number of ether oxygens (including phenoxy) is 2. The fourth-order valence-electron chi connectivity index (χ4n) is 2.29. The zero-order chi connectivity index (χ0) is 16.2. The van der Waals surface area contributed by atoms with Crippen molar-refractivity contribution >= 4 is 29.1 Å². The van der Waals surface area contributed by atoms with Gasteiger partial charge in [-0.1, -0.05) is 41.4 Å². The third-order valence-corrected chi connectivity index (χ3v) is 4.18. The number of hydrogen-bond donors (Lipinski definition) is 1. The number of benzene rings is 2. The van der Waals surface area contributed by atoms with Crippen LogP contribution in [0.25, 0.3) is 0 Å². The van der Waals surface area contributed by atoms with Crippen molar-refractivity contribution in [1.82, 2.24) is 5.32 Å². The molecule has 1 aliphatic heterocycles. The highest BCUT2D eigenvalue weighted by atomic mass is 35.5. The van der Waals surface area contributed by atoms with Gasteiger partial charge in [0.25, 0.3) is 0 Å². The average Bonchev–Trinajstić information content (AvgIpc) is 2.56. The first-order valence-corrected chi connectivity index (χ1v) is 7.96. The minimum absolute atomic E-state index is 0.106. The first-order valence-electron chi connectivity index (χ1n) is 7.21. The predicted octanol–water partition coefficient (Wildman–Crippen LogP) is 3.49. The minimum atomic E-state index is -0.206. The number of amides is 1. The van der Waals surface area contributed by atoms with Crippen molar-refractivity contribution in [3.8, 4) is 11.5 Å². The van der Waals surface area contributed by atoms with Gasteiger partial charge < -0.3 is 14.8 Å². The maximum Gasteiger partial charge on any atom is 0.224 e. The summed E-state index contributed by atoms with van der Waals surface area (Å²) in [4.78, 5) is 12.0. The van der Waals surface area contributed by atoms with Crippen molar-refractivity contribution in [2.24, 2.45) is 0 Å². The van der Waals surface area contributed by atoms with Crippen molar-refractivity contribution in [2.45, 2.75) is 12.5 Å². The van der Waals surface area contributed by atoms with Gasteiger partial charge in [-0.15, -0.1) is 0 Å². The highest BCUT2D eigenvalue weighted by molar-refractivity contribution is 6.42. The molecule has 2 aromatic rings. The molecule has 0 saturated carbocycles. The normalized spacial score (nSPS) is 16.0. The number of carbonyl (C=O) groups is 1. The van der Waals surface area contributed by atoms with Crippen molar-refractivity contribution in [1.29, 1.82) is 0 Å². The Morgan fingerprint density at radius 2 is 1.91 bits per heavy atom. The Labute approximate surface area is 144 Å². The predicted molar refractivity (Wildman–Crippen MR) is 89.5 cm³/mol. The van der Waals surface area contributed by atoms with E-state index >= 15 is 0 Å². The molecule has 1 N–H and O–H groups in total. The van der Waals surface area contributed by atoms with E-state index in [1.165, 1.54) is 0 Å². The number of rotatable bonds is 4. The fourth-order valence-corrected chi connectivity index (χ4v) is 2.61. The monoisotopic (exact) mass is 351 g/mol. The van der Waals surface area contributed by atoms with E-state index in [2.05, 4.69) is 5.32 Å². The second-order valence-corrected chi connectivity index (χ2v) is 6.04. The summed E-state index contributed by atoms with van der Waals surface area (Å²) in [7, 11) is 0. The molecule has 1 amide bonds. The molecule has 23 heavy (non-hydrogen) atoms. The van der Waals surface area contributed by atoms with Crippen LogP contribution in [-0.2, 0) is 11.2 Å². The van der Waals surface area contributed by atoms with Gasteiger partial charge >= 0.3 is 0 Å². The van der Waals surface area contributed by atoms with Crippen molar-refractivity contribution in [3.63, 3.8) is 0 Å². The summed E-state index contributed by atoms with van der Waals surface area (Å²) in [6.45, 7) is 0.790. The zero-order valence-electron chi connectivity index (χ0n) is 12.2. The molecule has 3 rings (SSSR count). The van der Waals surface area contributed by atoms with Gasteiger partial charge in [-0.25, -0.2) is 0 Å². The SMILES string of the molecule is O=C(Cc1ccc(Cl)c(Cl)c1)NCC1COc2ccccc2O1. The average molecular weight is 352 g/mol. The van der Waals surface area contributed by atoms with Crippen LogP contribution in [-0.4, -0.2) is 25.2 Å². The van der Waals surface area contributed by atoms with Gasteiger partial charge in [-0.2, -0.15) is 0 Å². The van der Waals surface area contributed by atoms with E-state index in [0.717, 1.165) is 11.3 Å². The van der Waals surface area contributed by atoms with Gasteiger partial charge in [0.1, 0.15) is 12.7 Å². The standard InChI is InChI=1S/C17H15Cl2NO3/c18-13-6-5-11(7-14(13)19)8-17(21)20-9-12-10-22-15-3-1-2-4-16(15)23-12/h1-7,12H,8-10H2,(H,20,21). The smallest absolute Gasteiger partial charge is 0.224 e. The summed E-state index contributed by atoms with van der Waals surface area (Å²) in [5, 5.41) is 3.76. The molecule has 1 unspecified atom stereocenters. The lowest BCUT2D eigenvalue weighted by Gasteiger charge is -2.26. The van der Waals surface area contributed by atoms with E-state index in [9.17, 15) is 4.79 Å². The van der Waals surface area contributed by atoms with Crippen LogP contribution in [0.3, 0.4) is 0 Å². The van der Waals surface area contributed by atoms with Gasteiger partial charge in [-0.05, 0) is 29.8 Å². The molecule has 2 aromatic carbocycles. The number of carbonyl (C=O) groups excluding carboxylic acids is 1. The van der Waals surface area contributed by atoms with Gasteiger partial charge in [0.15, 0.2) is 11.5 Å². The first kappa shape index (κ1) is 16.0. The molecule has 1 heterocycles. The van der Waals surface area contributed by atoms with Crippen LogP contribution in [0, 0.1) is 0 Å². The van der Waals surface area contributed by atoms with Crippen LogP contribution in [0.1, 0.15) is 5.56 Å². The van der Waals surface area contributed by atoms with Gasteiger partial charge in [0.2, 0.25) is 5.91 Å².